The molecule has 0 fully saturated rings. The Morgan fingerprint density at radius 3 is 1.88 bits per heavy atom. The van der Waals surface area contributed by atoms with Gasteiger partial charge in [0.1, 0.15) is 0 Å². The zero-order valence-corrected chi connectivity index (χ0v) is 38.8. The van der Waals surface area contributed by atoms with Gasteiger partial charge in [-0.3, -0.25) is 0 Å². The summed E-state index contributed by atoms with van der Waals surface area (Å²) in [6.45, 7) is 14.8. The highest BCUT2D eigenvalue weighted by molar-refractivity contribution is 7.27. The molecule has 2 aromatic heterocycles. The lowest BCUT2D eigenvalue weighted by Crippen LogP contribution is -2.62. The number of fused-ring (bicyclic) bond motifs is 14. The Morgan fingerprint density at radius 1 is 0.453 bits per heavy atom. The summed E-state index contributed by atoms with van der Waals surface area (Å²) in [4.78, 5) is 5.54. The minimum Gasteiger partial charge on any atom is -0.375 e. The normalized spacial score (nSPS) is 17.1. The lowest BCUT2D eigenvalue weighted by molar-refractivity contribution is 0.331. The molecule has 308 valence electrons. The van der Waals surface area contributed by atoms with Crippen LogP contribution in [0.15, 0.2) is 152 Å². The Labute approximate surface area is 383 Å². The van der Waals surface area contributed by atoms with Crippen molar-refractivity contribution in [3.63, 3.8) is 0 Å². The standard InChI is InChI=1S/C59H47BN2S2/c1-57(2)28-29-58(3,4)44-33-49-45(32-43(44)57)59(5,6)42-21-15-22-46-53(42)61(49)54-52-40(31-41-38-19-11-13-25-51(38)64-56(41)54)36-27-26-35(34-16-8-7-9-17-34)30-48(36)62(60(46)52)47-23-14-20-39-37-18-10-12-24-50(37)63-55(39)47/h7-27,30-33H,28-29H2,1-6H3. The average Bonchev–Trinajstić information content (AvgIpc) is 3.89. The van der Waals surface area contributed by atoms with Gasteiger partial charge in [0.25, 0.3) is 0 Å². The topological polar surface area (TPSA) is 6.48 Å². The van der Waals surface area contributed by atoms with Crippen molar-refractivity contribution in [1.82, 2.24) is 0 Å². The molecule has 4 aliphatic rings. The SMILES string of the molecule is CC1(C)CCC(C)(C)c2cc3c(cc21)N1c2c(cccc2C3(C)C)B2c3c(cc4c(sc5ccccc54)c31)-c1ccc(-c3ccccc3)cc1N2c1cccc2c1sc1ccccc12. The summed E-state index contributed by atoms with van der Waals surface area (Å²) in [5.74, 6) is 0. The van der Waals surface area contributed by atoms with Gasteiger partial charge in [-0.1, -0.05) is 157 Å². The molecule has 3 aliphatic heterocycles. The lowest BCUT2D eigenvalue weighted by Gasteiger charge is -2.52. The number of anilines is 5. The highest BCUT2D eigenvalue weighted by Crippen LogP contribution is 2.60. The number of nitrogens with zero attached hydrogens (tertiary/aromatic N) is 2. The van der Waals surface area contributed by atoms with E-state index in [-0.39, 0.29) is 23.1 Å². The quantitative estimate of drug-likeness (QED) is 0.160. The maximum Gasteiger partial charge on any atom is 0.333 e. The summed E-state index contributed by atoms with van der Waals surface area (Å²) >= 11 is 3.91. The maximum absolute atomic E-state index is 2.78. The maximum atomic E-state index is 2.78. The van der Waals surface area contributed by atoms with E-state index in [1.54, 1.807) is 0 Å². The third-order valence-corrected chi connectivity index (χ3v) is 18.3. The minimum atomic E-state index is -0.234. The van der Waals surface area contributed by atoms with Crippen molar-refractivity contribution in [3.05, 3.63) is 174 Å². The summed E-state index contributed by atoms with van der Waals surface area (Å²) in [7, 11) is 0. The second-order valence-electron chi connectivity index (χ2n) is 20.7. The molecule has 0 unspecified atom stereocenters. The van der Waals surface area contributed by atoms with E-state index in [4.69, 9.17) is 0 Å². The number of benzene rings is 8. The molecule has 2 nitrogen and oxygen atoms in total. The zero-order chi connectivity index (χ0) is 43.0. The van der Waals surface area contributed by atoms with Crippen LogP contribution in [0.2, 0.25) is 0 Å². The first-order valence-electron chi connectivity index (χ1n) is 23.0. The molecule has 14 rings (SSSR count). The Morgan fingerprint density at radius 2 is 1.11 bits per heavy atom. The molecular weight excluding hydrogens is 812 g/mol. The molecular formula is C59H47BN2S2. The molecule has 5 heteroatoms. The average molecular weight is 859 g/mol. The second kappa shape index (κ2) is 12.6. The Bertz CT molecular complexity index is 3680. The highest BCUT2D eigenvalue weighted by atomic mass is 32.1. The van der Waals surface area contributed by atoms with Crippen molar-refractivity contribution in [1.29, 1.82) is 0 Å². The molecule has 0 N–H and O–H groups in total. The van der Waals surface area contributed by atoms with Gasteiger partial charge in [0.05, 0.1) is 20.8 Å². The fraction of sp³-hybridized carbons (Fsp3) is 0.186. The van der Waals surface area contributed by atoms with E-state index in [0.29, 0.717) is 0 Å². The number of thiophene rings is 2. The van der Waals surface area contributed by atoms with Crippen molar-refractivity contribution < 1.29 is 0 Å². The Balaban J connectivity index is 1.17. The molecule has 0 amide bonds. The van der Waals surface area contributed by atoms with E-state index in [9.17, 15) is 0 Å². The summed E-state index contributed by atoms with van der Waals surface area (Å²) < 4.78 is 5.37. The molecule has 0 bridgehead atoms. The molecule has 0 spiro atoms. The molecule has 10 aromatic rings. The fourth-order valence-corrected chi connectivity index (χ4v) is 14.9. The van der Waals surface area contributed by atoms with Crippen LogP contribution in [0.4, 0.5) is 28.4 Å². The molecule has 5 heterocycles. The third-order valence-electron chi connectivity index (χ3n) is 15.9. The summed E-state index contributed by atoms with van der Waals surface area (Å²) in [6, 6.07) is 58.5. The van der Waals surface area contributed by atoms with Gasteiger partial charge in [0.15, 0.2) is 0 Å². The monoisotopic (exact) mass is 858 g/mol. The van der Waals surface area contributed by atoms with Gasteiger partial charge < -0.3 is 9.71 Å². The largest absolute Gasteiger partial charge is 0.375 e. The van der Waals surface area contributed by atoms with Crippen LogP contribution in [0.5, 0.6) is 0 Å². The predicted molar refractivity (Wildman–Crippen MR) is 279 cm³/mol. The van der Waals surface area contributed by atoms with Crippen molar-refractivity contribution in [2.75, 3.05) is 9.71 Å². The van der Waals surface area contributed by atoms with Gasteiger partial charge in [0, 0.05) is 59.0 Å². The molecule has 1 aliphatic carbocycles. The van der Waals surface area contributed by atoms with E-state index < -0.39 is 0 Å². The van der Waals surface area contributed by atoms with Crippen molar-refractivity contribution >= 4 is 109 Å². The van der Waals surface area contributed by atoms with E-state index in [1.807, 2.05) is 22.7 Å². The Hall–Kier alpha value is -6.14. The van der Waals surface area contributed by atoms with Crippen LogP contribution >= 0.6 is 22.7 Å². The molecule has 8 aromatic carbocycles. The van der Waals surface area contributed by atoms with Crippen LogP contribution in [-0.2, 0) is 16.2 Å². The van der Waals surface area contributed by atoms with E-state index >= 15 is 0 Å². The van der Waals surface area contributed by atoms with Gasteiger partial charge in [-0.25, -0.2) is 0 Å². The number of hydrogen-bond acceptors (Lipinski definition) is 4. The van der Waals surface area contributed by atoms with Crippen LogP contribution < -0.4 is 20.6 Å². The first-order chi connectivity index (χ1) is 31.0. The van der Waals surface area contributed by atoms with Crippen LogP contribution in [0.3, 0.4) is 0 Å². The Kier molecular flexibility index (Phi) is 7.31. The summed E-state index contributed by atoms with van der Waals surface area (Å²) in [5.41, 5.74) is 20.3. The first-order valence-corrected chi connectivity index (χ1v) is 24.6. The lowest BCUT2D eigenvalue weighted by atomic mass is 9.42. The second-order valence-corrected chi connectivity index (χ2v) is 22.8. The molecule has 0 atom stereocenters. The third kappa shape index (κ3) is 4.76. The minimum absolute atomic E-state index is 0.0698. The smallest absolute Gasteiger partial charge is 0.333 e. The van der Waals surface area contributed by atoms with Gasteiger partial charge in [-0.05, 0) is 110 Å². The van der Waals surface area contributed by atoms with Gasteiger partial charge in [-0.2, -0.15) is 0 Å². The van der Waals surface area contributed by atoms with Gasteiger partial charge in [-0.15, -0.1) is 22.7 Å². The van der Waals surface area contributed by atoms with Crippen LogP contribution in [0.25, 0.3) is 62.6 Å². The summed E-state index contributed by atoms with van der Waals surface area (Å²) in [6.07, 6.45) is 2.38. The van der Waals surface area contributed by atoms with E-state index in [2.05, 4.69) is 203 Å². The molecule has 0 saturated carbocycles. The zero-order valence-electron chi connectivity index (χ0n) is 37.1. The van der Waals surface area contributed by atoms with Crippen molar-refractivity contribution in [3.8, 4) is 22.3 Å². The van der Waals surface area contributed by atoms with E-state index in [0.717, 1.165) is 0 Å². The molecule has 0 radical (unpaired) electrons. The van der Waals surface area contributed by atoms with Crippen molar-refractivity contribution in [2.45, 2.75) is 70.6 Å². The number of rotatable bonds is 2. The molecule has 0 saturated heterocycles. The van der Waals surface area contributed by atoms with Crippen LogP contribution in [0, 0.1) is 0 Å². The van der Waals surface area contributed by atoms with Crippen LogP contribution in [0.1, 0.15) is 76.6 Å². The van der Waals surface area contributed by atoms with Gasteiger partial charge >= 0.3 is 6.85 Å². The highest BCUT2D eigenvalue weighted by Gasteiger charge is 2.52. The van der Waals surface area contributed by atoms with Crippen molar-refractivity contribution in [2.24, 2.45) is 0 Å². The summed E-state index contributed by atoms with van der Waals surface area (Å²) in [5, 5.41) is 5.33. The first kappa shape index (κ1) is 37.3. The van der Waals surface area contributed by atoms with Crippen LogP contribution in [-0.4, -0.2) is 6.85 Å². The van der Waals surface area contributed by atoms with E-state index in [1.165, 1.54) is 137 Å². The predicted octanol–water partition coefficient (Wildman–Crippen LogP) is 15.8. The number of hydrogen-bond donors (Lipinski definition) is 0. The molecule has 64 heavy (non-hydrogen) atoms. The van der Waals surface area contributed by atoms with Gasteiger partial charge in [0.2, 0.25) is 0 Å². The number of para-hydroxylation sites is 1. The fourth-order valence-electron chi connectivity index (χ4n) is 12.4.